The van der Waals surface area contributed by atoms with Gasteiger partial charge in [-0.05, 0) is 38.6 Å². The Morgan fingerprint density at radius 1 is 1.31 bits per heavy atom. The Hall–Kier alpha value is -0.570. The van der Waals surface area contributed by atoms with Crippen LogP contribution in [0.15, 0.2) is 0 Å². The zero-order chi connectivity index (χ0) is 9.52. The molecule has 3 heteroatoms. The molecule has 1 aliphatic carbocycles. The fourth-order valence-electron chi connectivity index (χ4n) is 1.32. The lowest BCUT2D eigenvalue weighted by atomic mass is 9.96. The lowest BCUT2D eigenvalue weighted by molar-refractivity contribution is -0.153. The molecule has 0 radical (unpaired) electrons. The van der Waals surface area contributed by atoms with Crippen LogP contribution in [0.4, 0.5) is 0 Å². The standard InChI is InChI=1S/C10H19NO2/c11-8-3-1-2-7-10(12)13-9-5-4-6-9/h9H,1-8,11H2. The molecule has 1 aliphatic rings. The molecule has 0 unspecified atom stereocenters. The number of ether oxygens (including phenoxy) is 1. The van der Waals surface area contributed by atoms with Gasteiger partial charge in [0.15, 0.2) is 0 Å². The summed E-state index contributed by atoms with van der Waals surface area (Å²) in [5.41, 5.74) is 5.34. The molecule has 0 atom stereocenters. The minimum Gasteiger partial charge on any atom is -0.462 e. The van der Waals surface area contributed by atoms with Crippen LogP contribution >= 0.6 is 0 Å². The van der Waals surface area contributed by atoms with Gasteiger partial charge in [-0.2, -0.15) is 0 Å². The van der Waals surface area contributed by atoms with Crippen LogP contribution in [0, 0.1) is 0 Å². The molecule has 0 bridgehead atoms. The summed E-state index contributed by atoms with van der Waals surface area (Å²) in [5, 5.41) is 0. The fraction of sp³-hybridized carbons (Fsp3) is 0.900. The van der Waals surface area contributed by atoms with E-state index in [0.29, 0.717) is 6.42 Å². The minimum absolute atomic E-state index is 0.0262. The van der Waals surface area contributed by atoms with Crippen LogP contribution < -0.4 is 5.73 Å². The summed E-state index contributed by atoms with van der Waals surface area (Å²) < 4.78 is 5.20. The molecule has 76 valence electrons. The molecule has 0 saturated heterocycles. The molecule has 2 N–H and O–H groups in total. The molecule has 0 heterocycles. The number of carbonyl (C=O) groups excluding carboxylic acids is 1. The normalized spacial score (nSPS) is 16.7. The summed E-state index contributed by atoms with van der Waals surface area (Å²) in [4.78, 5) is 11.2. The lowest BCUT2D eigenvalue weighted by Gasteiger charge is -2.25. The van der Waals surface area contributed by atoms with Crippen LogP contribution in [0.25, 0.3) is 0 Å². The average molecular weight is 185 g/mol. The summed E-state index contributed by atoms with van der Waals surface area (Å²) in [6, 6.07) is 0. The van der Waals surface area contributed by atoms with Crippen LogP contribution in [-0.2, 0) is 9.53 Å². The van der Waals surface area contributed by atoms with Crippen molar-refractivity contribution in [3.63, 3.8) is 0 Å². The Morgan fingerprint density at radius 2 is 2.08 bits per heavy atom. The van der Waals surface area contributed by atoms with Crippen molar-refractivity contribution in [3.8, 4) is 0 Å². The third-order valence-corrected chi connectivity index (χ3v) is 2.44. The van der Waals surface area contributed by atoms with E-state index in [0.717, 1.165) is 38.6 Å². The van der Waals surface area contributed by atoms with Gasteiger partial charge in [0.1, 0.15) is 6.10 Å². The number of esters is 1. The minimum atomic E-state index is -0.0262. The number of carbonyl (C=O) groups is 1. The highest BCUT2D eigenvalue weighted by atomic mass is 16.5. The van der Waals surface area contributed by atoms with Gasteiger partial charge in [0.05, 0.1) is 0 Å². The third-order valence-electron chi connectivity index (χ3n) is 2.44. The summed E-state index contributed by atoms with van der Waals surface area (Å²) >= 11 is 0. The van der Waals surface area contributed by atoms with Crippen LogP contribution in [0.2, 0.25) is 0 Å². The fourth-order valence-corrected chi connectivity index (χ4v) is 1.32. The van der Waals surface area contributed by atoms with Crippen molar-refractivity contribution in [1.82, 2.24) is 0 Å². The molecule has 0 aromatic heterocycles. The van der Waals surface area contributed by atoms with Crippen molar-refractivity contribution in [2.24, 2.45) is 5.73 Å². The average Bonchev–Trinajstić information content (AvgIpc) is 2.06. The molecule has 0 aromatic carbocycles. The molecule has 13 heavy (non-hydrogen) atoms. The first kappa shape index (κ1) is 10.5. The molecule has 1 fully saturated rings. The zero-order valence-electron chi connectivity index (χ0n) is 8.13. The van der Waals surface area contributed by atoms with Gasteiger partial charge in [0.25, 0.3) is 0 Å². The molecule has 1 rings (SSSR count). The largest absolute Gasteiger partial charge is 0.462 e. The molecular formula is C10H19NO2. The van der Waals surface area contributed by atoms with Crippen LogP contribution in [0.1, 0.15) is 44.9 Å². The number of unbranched alkanes of at least 4 members (excludes halogenated alkanes) is 2. The van der Waals surface area contributed by atoms with E-state index in [9.17, 15) is 4.79 Å². The van der Waals surface area contributed by atoms with Gasteiger partial charge in [-0.25, -0.2) is 0 Å². The smallest absolute Gasteiger partial charge is 0.306 e. The molecule has 1 saturated carbocycles. The Kier molecular flexibility index (Phi) is 4.83. The van der Waals surface area contributed by atoms with Gasteiger partial charge >= 0.3 is 5.97 Å². The van der Waals surface area contributed by atoms with Crippen molar-refractivity contribution in [1.29, 1.82) is 0 Å². The molecule has 0 aliphatic heterocycles. The Morgan fingerprint density at radius 3 is 2.62 bits per heavy atom. The summed E-state index contributed by atoms with van der Waals surface area (Å²) in [6.07, 6.45) is 7.11. The summed E-state index contributed by atoms with van der Waals surface area (Å²) in [6.45, 7) is 0.720. The molecular weight excluding hydrogens is 166 g/mol. The van der Waals surface area contributed by atoms with Crippen LogP contribution in [0.3, 0.4) is 0 Å². The van der Waals surface area contributed by atoms with E-state index in [2.05, 4.69) is 0 Å². The van der Waals surface area contributed by atoms with Crippen LogP contribution in [-0.4, -0.2) is 18.6 Å². The second-order valence-electron chi connectivity index (χ2n) is 3.64. The van der Waals surface area contributed by atoms with E-state index in [4.69, 9.17) is 10.5 Å². The monoisotopic (exact) mass is 185 g/mol. The Labute approximate surface area is 79.6 Å². The van der Waals surface area contributed by atoms with E-state index < -0.39 is 0 Å². The maximum Gasteiger partial charge on any atom is 0.306 e. The predicted molar refractivity (Wildman–Crippen MR) is 51.3 cm³/mol. The molecule has 3 nitrogen and oxygen atoms in total. The van der Waals surface area contributed by atoms with Gasteiger partial charge in [0.2, 0.25) is 0 Å². The number of hydrogen-bond acceptors (Lipinski definition) is 3. The highest BCUT2D eigenvalue weighted by Gasteiger charge is 2.20. The lowest BCUT2D eigenvalue weighted by Crippen LogP contribution is -2.24. The predicted octanol–water partition coefficient (Wildman–Crippen LogP) is 1.60. The first-order valence-corrected chi connectivity index (χ1v) is 5.22. The second-order valence-corrected chi connectivity index (χ2v) is 3.64. The van der Waals surface area contributed by atoms with Gasteiger partial charge in [-0.1, -0.05) is 6.42 Å². The molecule has 0 aromatic rings. The number of rotatable bonds is 6. The maximum absolute atomic E-state index is 11.2. The van der Waals surface area contributed by atoms with E-state index in [1.54, 1.807) is 0 Å². The quantitative estimate of drug-likeness (QED) is 0.505. The van der Waals surface area contributed by atoms with E-state index in [1.807, 2.05) is 0 Å². The summed E-state index contributed by atoms with van der Waals surface area (Å²) in [5.74, 6) is -0.0262. The SMILES string of the molecule is NCCCCCC(=O)OC1CCC1. The van der Waals surface area contributed by atoms with Crippen LogP contribution in [0.5, 0.6) is 0 Å². The highest BCUT2D eigenvalue weighted by molar-refractivity contribution is 5.69. The first-order valence-electron chi connectivity index (χ1n) is 5.22. The highest BCUT2D eigenvalue weighted by Crippen LogP contribution is 2.22. The topological polar surface area (TPSA) is 52.3 Å². The van der Waals surface area contributed by atoms with E-state index >= 15 is 0 Å². The van der Waals surface area contributed by atoms with Gasteiger partial charge in [0, 0.05) is 6.42 Å². The maximum atomic E-state index is 11.2. The van der Waals surface area contributed by atoms with Crippen molar-refractivity contribution < 1.29 is 9.53 Å². The first-order chi connectivity index (χ1) is 6.33. The van der Waals surface area contributed by atoms with Crippen molar-refractivity contribution in [2.75, 3.05) is 6.54 Å². The van der Waals surface area contributed by atoms with Gasteiger partial charge < -0.3 is 10.5 Å². The van der Waals surface area contributed by atoms with Crippen molar-refractivity contribution in [3.05, 3.63) is 0 Å². The number of hydrogen-bond donors (Lipinski definition) is 1. The third kappa shape index (κ3) is 4.27. The van der Waals surface area contributed by atoms with E-state index in [1.165, 1.54) is 6.42 Å². The van der Waals surface area contributed by atoms with Gasteiger partial charge in [-0.3, -0.25) is 4.79 Å². The second kappa shape index (κ2) is 5.97. The zero-order valence-corrected chi connectivity index (χ0v) is 8.13. The summed E-state index contributed by atoms with van der Waals surface area (Å²) in [7, 11) is 0. The Bertz CT molecular complexity index is 155. The van der Waals surface area contributed by atoms with Crippen molar-refractivity contribution >= 4 is 5.97 Å². The van der Waals surface area contributed by atoms with Crippen molar-refractivity contribution in [2.45, 2.75) is 51.0 Å². The molecule has 0 spiro atoms. The Balaban J connectivity index is 1.91. The molecule has 0 amide bonds. The van der Waals surface area contributed by atoms with E-state index in [-0.39, 0.29) is 12.1 Å². The van der Waals surface area contributed by atoms with Gasteiger partial charge in [-0.15, -0.1) is 0 Å². The number of nitrogens with two attached hydrogens (primary N) is 1.